The van der Waals surface area contributed by atoms with Crippen LogP contribution in [0, 0.1) is 11.2 Å². The Hall–Kier alpha value is -4.07. The summed E-state index contributed by atoms with van der Waals surface area (Å²) in [5.41, 5.74) is 1.84. The summed E-state index contributed by atoms with van der Waals surface area (Å²) < 4.78 is 20.7. The predicted molar refractivity (Wildman–Crippen MR) is 129 cm³/mol. The van der Waals surface area contributed by atoms with Crippen LogP contribution in [0.2, 0.25) is 0 Å². The molecule has 35 heavy (non-hydrogen) atoms. The number of para-hydroxylation sites is 1. The molecule has 2 aromatic carbocycles. The fourth-order valence-corrected chi connectivity index (χ4v) is 4.31. The maximum atomic E-state index is 14.8. The molecule has 0 aliphatic carbocycles. The molecule has 1 aromatic heterocycles. The monoisotopic (exact) mass is 475 g/mol. The molecule has 1 N–H and O–H groups in total. The quantitative estimate of drug-likeness (QED) is 0.600. The topological polar surface area (TPSA) is 88.6 Å². The standard InChI is InChI=1S/C27H26FN3O4/c1-15(32)29-26(34)27(2,3)22-18-7-6-8-20(28)23(18)35-24-19(22)13-14-21(30-24)16-9-11-17(12-10-16)25(33)31(4)5/h6-14,22H,1-5H3,(H,29,32,34)/t22-/m0/s1. The van der Waals surface area contributed by atoms with Gasteiger partial charge in [-0.1, -0.05) is 44.2 Å². The number of imide groups is 1. The number of pyridine rings is 1. The third kappa shape index (κ3) is 4.39. The van der Waals surface area contributed by atoms with Crippen LogP contribution in [0.15, 0.2) is 54.6 Å². The van der Waals surface area contributed by atoms with Crippen LogP contribution in [0.25, 0.3) is 11.3 Å². The summed E-state index contributed by atoms with van der Waals surface area (Å²) in [7, 11) is 3.37. The number of carbonyl (C=O) groups is 3. The predicted octanol–water partition coefficient (Wildman–Crippen LogP) is 4.52. The summed E-state index contributed by atoms with van der Waals surface area (Å²) in [5.74, 6) is -2.06. The molecule has 0 saturated heterocycles. The van der Waals surface area contributed by atoms with Gasteiger partial charge in [0, 0.05) is 49.2 Å². The molecule has 4 rings (SSSR count). The lowest BCUT2D eigenvalue weighted by Gasteiger charge is -2.37. The van der Waals surface area contributed by atoms with Gasteiger partial charge >= 0.3 is 0 Å². The number of amides is 3. The van der Waals surface area contributed by atoms with Crippen molar-refractivity contribution in [3.8, 4) is 22.9 Å². The molecule has 0 saturated carbocycles. The highest BCUT2D eigenvalue weighted by Crippen LogP contribution is 2.52. The van der Waals surface area contributed by atoms with Crippen LogP contribution in [0.1, 0.15) is 48.2 Å². The third-order valence-electron chi connectivity index (χ3n) is 6.14. The minimum absolute atomic E-state index is 0.00489. The van der Waals surface area contributed by atoms with Crippen LogP contribution in [0.4, 0.5) is 4.39 Å². The Kier molecular flexibility index (Phi) is 6.15. The van der Waals surface area contributed by atoms with E-state index in [9.17, 15) is 18.8 Å². The number of nitrogens with zero attached hydrogens (tertiary/aromatic N) is 2. The summed E-state index contributed by atoms with van der Waals surface area (Å²) in [6, 6.07) is 15.2. The smallest absolute Gasteiger partial charge is 0.253 e. The number of nitrogens with one attached hydrogen (secondary N) is 1. The second-order valence-corrected chi connectivity index (χ2v) is 9.29. The van der Waals surface area contributed by atoms with Crippen molar-refractivity contribution in [3.63, 3.8) is 0 Å². The molecule has 3 aromatic rings. The van der Waals surface area contributed by atoms with Gasteiger partial charge in [-0.3, -0.25) is 19.7 Å². The van der Waals surface area contributed by atoms with E-state index in [0.29, 0.717) is 22.4 Å². The molecule has 0 spiro atoms. The van der Waals surface area contributed by atoms with E-state index >= 15 is 0 Å². The molecule has 8 heteroatoms. The van der Waals surface area contributed by atoms with Gasteiger partial charge in [0.2, 0.25) is 17.7 Å². The van der Waals surface area contributed by atoms with Gasteiger partial charge < -0.3 is 9.64 Å². The van der Waals surface area contributed by atoms with E-state index in [0.717, 1.165) is 5.56 Å². The van der Waals surface area contributed by atoms with Crippen LogP contribution < -0.4 is 10.1 Å². The second kappa shape index (κ2) is 8.94. The molecule has 1 atom stereocenters. The number of halogens is 1. The zero-order chi connectivity index (χ0) is 25.5. The van der Waals surface area contributed by atoms with Gasteiger partial charge in [0.05, 0.1) is 11.1 Å². The van der Waals surface area contributed by atoms with E-state index in [1.165, 1.54) is 17.9 Å². The molecule has 0 bridgehead atoms. The number of ether oxygens (including phenoxy) is 1. The van der Waals surface area contributed by atoms with Crippen molar-refractivity contribution in [2.24, 2.45) is 5.41 Å². The molecule has 1 aliphatic heterocycles. The lowest BCUT2D eigenvalue weighted by molar-refractivity contribution is -0.135. The number of rotatable bonds is 4. The zero-order valence-corrected chi connectivity index (χ0v) is 20.2. The Bertz CT molecular complexity index is 1330. The average molecular weight is 476 g/mol. The van der Waals surface area contributed by atoms with Crippen LogP contribution in [-0.2, 0) is 9.59 Å². The summed E-state index contributed by atoms with van der Waals surface area (Å²) >= 11 is 0. The van der Waals surface area contributed by atoms with E-state index in [1.807, 2.05) is 0 Å². The van der Waals surface area contributed by atoms with Crippen LogP contribution in [-0.4, -0.2) is 41.7 Å². The van der Waals surface area contributed by atoms with Crippen molar-refractivity contribution in [1.29, 1.82) is 0 Å². The van der Waals surface area contributed by atoms with Gasteiger partial charge in [0.25, 0.3) is 5.91 Å². The Morgan fingerprint density at radius 1 is 1.00 bits per heavy atom. The summed E-state index contributed by atoms with van der Waals surface area (Å²) in [6.45, 7) is 4.67. The van der Waals surface area contributed by atoms with Crippen LogP contribution in [0.3, 0.4) is 0 Å². The molecule has 0 unspecified atom stereocenters. The Morgan fingerprint density at radius 2 is 1.69 bits per heavy atom. The molecule has 2 heterocycles. The van der Waals surface area contributed by atoms with E-state index in [2.05, 4.69) is 10.3 Å². The molecular weight excluding hydrogens is 449 g/mol. The molecule has 0 radical (unpaired) electrons. The Balaban J connectivity index is 1.79. The number of aromatic nitrogens is 1. The highest BCUT2D eigenvalue weighted by Gasteiger charge is 2.45. The minimum Gasteiger partial charge on any atom is -0.435 e. The highest BCUT2D eigenvalue weighted by molar-refractivity contribution is 5.97. The fraction of sp³-hybridized carbons (Fsp3) is 0.259. The lowest BCUT2D eigenvalue weighted by atomic mass is 9.69. The summed E-state index contributed by atoms with van der Waals surface area (Å²) in [6.07, 6.45) is 0. The number of hydrogen-bond acceptors (Lipinski definition) is 5. The lowest BCUT2D eigenvalue weighted by Crippen LogP contribution is -2.44. The number of hydrogen-bond donors (Lipinski definition) is 1. The SMILES string of the molecule is CC(=O)NC(=O)C(C)(C)[C@@H]1c2ccc(-c3ccc(C(=O)N(C)C)cc3)nc2Oc2c(F)cccc21. The molecule has 7 nitrogen and oxygen atoms in total. The first-order valence-electron chi connectivity index (χ1n) is 11.1. The summed E-state index contributed by atoms with van der Waals surface area (Å²) in [4.78, 5) is 42.9. The van der Waals surface area contributed by atoms with Crippen molar-refractivity contribution in [3.05, 3.63) is 77.1 Å². The Morgan fingerprint density at radius 3 is 2.31 bits per heavy atom. The normalized spacial score (nSPS) is 14.3. The average Bonchev–Trinajstić information content (AvgIpc) is 2.81. The van der Waals surface area contributed by atoms with Gasteiger partial charge in [-0.2, -0.15) is 0 Å². The zero-order valence-electron chi connectivity index (χ0n) is 20.2. The maximum Gasteiger partial charge on any atom is 0.253 e. The molecule has 180 valence electrons. The van der Waals surface area contributed by atoms with Gasteiger partial charge in [0.15, 0.2) is 11.6 Å². The first-order valence-corrected chi connectivity index (χ1v) is 11.1. The number of carbonyl (C=O) groups excluding carboxylic acids is 3. The third-order valence-corrected chi connectivity index (χ3v) is 6.14. The van der Waals surface area contributed by atoms with Crippen molar-refractivity contribution in [2.75, 3.05) is 14.1 Å². The van der Waals surface area contributed by atoms with E-state index < -0.39 is 29.0 Å². The molecule has 0 fully saturated rings. The van der Waals surface area contributed by atoms with Gasteiger partial charge in [-0.15, -0.1) is 0 Å². The molecular formula is C27H26FN3O4. The number of benzene rings is 2. The first kappa shape index (κ1) is 24.1. The van der Waals surface area contributed by atoms with Crippen LogP contribution >= 0.6 is 0 Å². The summed E-state index contributed by atoms with van der Waals surface area (Å²) in [5, 5.41) is 2.35. The van der Waals surface area contributed by atoms with Crippen molar-refractivity contribution in [1.82, 2.24) is 15.2 Å². The van der Waals surface area contributed by atoms with Crippen molar-refractivity contribution < 1.29 is 23.5 Å². The fourth-order valence-electron chi connectivity index (χ4n) is 4.31. The van der Waals surface area contributed by atoms with E-state index in [-0.39, 0.29) is 17.5 Å². The van der Waals surface area contributed by atoms with Crippen LogP contribution in [0.5, 0.6) is 11.6 Å². The highest BCUT2D eigenvalue weighted by atomic mass is 19.1. The molecule has 3 amide bonds. The molecule has 1 aliphatic rings. The largest absolute Gasteiger partial charge is 0.435 e. The van der Waals surface area contributed by atoms with E-state index in [4.69, 9.17) is 4.74 Å². The van der Waals surface area contributed by atoms with Gasteiger partial charge in [-0.25, -0.2) is 9.37 Å². The Labute approximate surface area is 202 Å². The van der Waals surface area contributed by atoms with Gasteiger partial charge in [-0.05, 0) is 24.3 Å². The van der Waals surface area contributed by atoms with Crippen molar-refractivity contribution in [2.45, 2.75) is 26.7 Å². The minimum atomic E-state index is -1.12. The second-order valence-electron chi connectivity index (χ2n) is 9.29. The van der Waals surface area contributed by atoms with E-state index in [1.54, 1.807) is 76.5 Å². The maximum absolute atomic E-state index is 14.8. The van der Waals surface area contributed by atoms with Gasteiger partial charge in [0.1, 0.15) is 0 Å². The van der Waals surface area contributed by atoms with Crippen molar-refractivity contribution >= 4 is 17.7 Å². The first-order chi connectivity index (χ1) is 16.5. The number of fused-ring (bicyclic) bond motifs is 2.